The Balaban J connectivity index is 1.93. The second-order valence-electron chi connectivity index (χ2n) is 4.75. The molecule has 96 valence electrons. The minimum atomic E-state index is 0.391. The quantitative estimate of drug-likeness (QED) is 0.716. The number of hydrogen-bond donors (Lipinski definition) is 1. The first-order valence-electron chi connectivity index (χ1n) is 6.29. The number of nitrogens with one attached hydrogen (secondary N) is 1. The van der Waals surface area contributed by atoms with E-state index in [0.29, 0.717) is 5.92 Å². The number of hydrogen-bond acceptors (Lipinski definition) is 3. The van der Waals surface area contributed by atoms with Crippen molar-refractivity contribution in [2.45, 2.75) is 19.8 Å². The standard InChI is InChI=1S/C15H15N3O/c1-10(2)15-17-13-6-5-11(8-14(13)18-15)16-9-12-4-3-7-19-12/h3-10H,1-2H3,(H,17,18). The SMILES string of the molecule is CC(C)c1nc2ccc(N=Cc3ccco3)cc2[nH]1. The third-order valence-corrected chi connectivity index (χ3v) is 2.91. The van der Waals surface area contributed by atoms with Crippen molar-refractivity contribution in [2.75, 3.05) is 0 Å². The summed E-state index contributed by atoms with van der Waals surface area (Å²) < 4.78 is 5.21. The van der Waals surface area contributed by atoms with Crippen molar-refractivity contribution in [3.8, 4) is 0 Å². The fourth-order valence-corrected chi connectivity index (χ4v) is 1.87. The van der Waals surface area contributed by atoms with E-state index in [2.05, 4.69) is 28.8 Å². The third-order valence-electron chi connectivity index (χ3n) is 2.91. The van der Waals surface area contributed by atoms with E-state index < -0.39 is 0 Å². The molecule has 0 aliphatic heterocycles. The highest BCUT2D eigenvalue weighted by molar-refractivity contribution is 5.82. The average molecular weight is 253 g/mol. The van der Waals surface area contributed by atoms with Gasteiger partial charge in [0.1, 0.15) is 11.6 Å². The Morgan fingerprint density at radius 1 is 1.32 bits per heavy atom. The number of nitrogens with zero attached hydrogens (tertiary/aromatic N) is 2. The second kappa shape index (κ2) is 4.72. The Morgan fingerprint density at radius 2 is 2.21 bits per heavy atom. The Morgan fingerprint density at radius 3 is 2.95 bits per heavy atom. The molecule has 1 N–H and O–H groups in total. The minimum absolute atomic E-state index is 0.391. The summed E-state index contributed by atoms with van der Waals surface area (Å²) in [6.07, 6.45) is 3.34. The molecule has 4 heteroatoms. The largest absolute Gasteiger partial charge is 0.463 e. The monoisotopic (exact) mass is 253 g/mol. The average Bonchev–Trinajstić information content (AvgIpc) is 3.04. The molecule has 0 spiro atoms. The van der Waals surface area contributed by atoms with E-state index in [1.165, 1.54) is 0 Å². The van der Waals surface area contributed by atoms with Crippen molar-refractivity contribution in [1.29, 1.82) is 0 Å². The van der Waals surface area contributed by atoms with Gasteiger partial charge in [-0.05, 0) is 30.3 Å². The van der Waals surface area contributed by atoms with E-state index in [1.54, 1.807) is 12.5 Å². The van der Waals surface area contributed by atoms with Gasteiger partial charge in [0.05, 0.1) is 29.2 Å². The Bertz CT molecular complexity index is 708. The lowest BCUT2D eigenvalue weighted by molar-refractivity contribution is 0.560. The Kier molecular flexibility index (Phi) is 2.91. The van der Waals surface area contributed by atoms with E-state index in [-0.39, 0.29) is 0 Å². The number of rotatable bonds is 3. The minimum Gasteiger partial charge on any atom is -0.463 e. The van der Waals surface area contributed by atoms with Gasteiger partial charge >= 0.3 is 0 Å². The maximum absolute atomic E-state index is 5.21. The molecule has 2 heterocycles. The number of aromatic amines is 1. The fraction of sp³-hybridized carbons (Fsp3) is 0.200. The fourth-order valence-electron chi connectivity index (χ4n) is 1.87. The third kappa shape index (κ3) is 2.42. The predicted molar refractivity (Wildman–Crippen MR) is 76.1 cm³/mol. The van der Waals surface area contributed by atoms with Crippen LogP contribution in [0.1, 0.15) is 31.4 Å². The molecule has 2 aromatic heterocycles. The first-order valence-corrected chi connectivity index (χ1v) is 6.29. The van der Waals surface area contributed by atoms with Gasteiger partial charge in [0.25, 0.3) is 0 Å². The molecule has 1 aromatic carbocycles. The van der Waals surface area contributed by atoms with Crippen LogP contribution in [-0.4, -0.2) is 16.2 Å². The first-order chi connectivity index (χ1) is 9.22. The first kappa shape index (κ1) is 11.7. The van der Waals surface area contributed by atoms with Gasteiger partial charge in [0.15, 0.2) is 0 Å². The van der Waals surface area contributed by atoms with Crippen LogP contribution in [0.25, 0.3) is 11.0 Å². The van der Waals surface area contributed by atoms with E-state index in [9.17, 15) is 0 Å². The number of furan rings is 1. The molecular weight excluding hydrogens is 238 g/mol. The van der Waals surface area contributed by atoms with E-state index in [4.69, 9.17) is 4.42 Å². The molecule has 0 radical (unpaired) electrons. The summed E-state index contributed by atoms with van der Waals surface area (Å²) in [6, 6.07) is 9.64. The van der Waals surface area contributed by atoms with Crippen LogP contribution in [0.5, 0.6) is 0 Å². The van der Waals surface area contributed by atoms with E-state index >= 15 is 0 Å². The van der Waals surface area contributed by atoms with Gasteiger partial charge in [-0.3, -0.25) is 4.99 Å². The summed E-state index contributed by atoms with van der Waals surface area (Å²) in [5, 5.41) is 0. The van der Waals surface area contributed by atoms with Crippen molar-refractivity contribution in [3.63, 3.8) is 0 Å². The summed E-state index contributed by atoms with van der Waals surface area (Å²) in [6.45, 7) is 4.24. The second-order valence-corrected chi connectivity index (χ2v) is 4.75. The number of H-pyrrole nitrogens is 1. The van der Waals surface area contributed by atoms with Crippen LogP contribution < -0.4 is 0 Å². The number of fused-ring (bicyclic) bond motifs is 1. The van der Waals surface area contributed by atoms with Crippen molar-refractivity contribution < 1.29 is 4.42 Å². The zero-order valence-electron chi connectivity index (χ0n) is 10.9. The number of aliphatic imine (C=N–C) groups is 1. The van der Waals surface area contributed by atoms with Gasteiger partial charge in [0, 0.05) is 5.92 Å². The van der Waals surface area contributed by atoms with Crippen LogP contribution in [0.15, 0.2) is 46.0 Å². The Labute approximate surface area is 111 Å². The molecule has 0 saturated carbocycles. The van der Waals surface area contributed by atoms with Crippen LogP contribution >= 0.6 is 0 Å². The van der Waals surface area contributed by atoms with Crippen molar-refractivity contribution in [3.05, 3.63) is 48.2 Å². The highest BCUT2D eigenvalue weighted by atomic mass is 16.3. The van der Waals surface area contributed by atoms with Gasteiger partial charge in [0.2, 0.25) is 0 Å². The molecule has 0 bridgehead atoms. The molecule has 0 atom stereocenters. The highest BCUT2D eigenvalue weighted by Gasteiger charge is 2.06. The molecular formula is C15H15N3O. The van der Waals surface area contributed by atoms with Crippen molar-refractivity contribution >= 4 is 22.9 Å². The number of benzene rings is 1. The molecule has 4 nitrogen and oxygen atoms in total. The lowest BCUT2D eigenvalue weighted by Gasteiger charge is -1.95. The normalized spacial score (nSPS) is 11.9. The number of aromatic nitrogens is 2. The van der Waals surface area contributed by atoms with Gasteiger partial charge in [-0.25, -0.2) is 4.98 Å². The van der Waals surface area contributed by atoms with Gasteiger partial charge in [-0.2, -0.15) is 0 Å². The summed E-state index contributed by atoms with van der Waals surface area (Å²) in [5.41, 5.74) is 2.86. The maximum Gasteiger partial charge on any atom is 0.144 e. The topological polar surface area (TPSA) is 54.2 Å². The molecule has 0 fully saturated rings. The van der Waals surface area contributed by atoms with Crippen LogP contribution in [0.4, 0.5) is 5.69 Å². The zero-order valence-corrected chi connectivity index (χ0v) is 10.9. The predicted octanol–water partition coefficient (Wildman–Crippen LogP) is 4.03. The highest BCUT2D eigenvalue weighted by Crippen LogP contribution is 2.22. The lowest BCUT2D eigenvalue weighted by Crippen LogP contribution is -1.88. The van der Waals surface area contributed by atoms with Crippen LogP contribution in [0, 0.1) is 0 Å². The molecule has 0 unspecified atom stereocenters. The van der Waals surface area contributed by atoms with Crippen LogP contribution in [-0.2, 0) is 0 Å². The summed E-state index contributed by atoms with van der Waals surface area (Å²) in [7, 11) is 0. The maximum atomic E-state index is 5.21. The summed E-state index contributed by atoms with van der Waals surface area (Å²) >= 11 is 0. The molecule has 0 saturated heterocycles. The van der Waals surface area contributed by atoms with E-state index in [0.717, 1.165) is 28.3 Å². The summed E-state index contributed by atoms with van der Waals surface area (Å²) in [4.78, 5) is 12.2. The molecule has 3 aromatic rings. The molecule has 0 aliphatic carbocycles. The molecule has 3 rings (SSSR count). The van der Waals surface area contributed by atoms with Crippen LogP contribution in [0.3, 0.4) is 0 Å². The zero-order chi connectivity index (χ0) is 13.2. The van der Waals surface area contributed by atoms with Crippen molar-refractivity contribution in [1.82, 2.24) is 9.97 Å². The van der Waals surface area contributed by atoms with Crippen molar-refractivity contribution in [2.24, 2.45) is 4.99 Å². The Hall–Kier alpha value is -2.36. The van der Waals surface area contributed by atoms with E-state index in [1.807, 2.05) is 30.3 Å². The number of imidazole rings is 1. The molecule has 0 aliphatic rings. The summed E-state index contributed by atoms with van der Waals surface area (Å²) in [5.74, 6) is 2.14. The molecule has 0 amide bonds. The van der Waals surface area contributed by atoms with Gasteiger partial charge in [-0.15, -0.1) is 0 Å². The lowest BCUT2D eigenvalue weighted by atomic mass is 10.2. The smallest absolute Gasteiger partial charge is 0.144 e. The molecule has 19 heavy (non-hydrogen) atoms. The van der Waals surface area contributed by atoms with Gasteiger partial charge in [-0.1, -0.05) is 13.8 Å². The van der Waals surface area contributed by atoms with Crippen LogP contribution in [0.2, 0.25) is 0 Å². The van der Waals surface area contributed by atoms with Gasteiger partial charge < -0.3 is 9.40 Å².